The lowest BCUT2D eigenvalue weighted by atomic mass is 10.0. The van der Waals surface area contributed by atoms with Crippen LogP contribution in [0.15, 0.2) is 61.1 Å². The molecule has 5 aromatic rings. The van der Waals surface area contributed by atoms with Gasteiger partial charge in [0, 0.05) is 36.0 Å². The third kappa shape index (κ3) is 2.36. The summed E-state index contributed by atoms with van der Waals surface area (Å²) in [5, 5.41) is 5.34. The number of benzene rings is 2. The lowest BCUT2D eigenvalue weighted by Gasteiger charge is -2.14. The van der Waals surface area contributed by atoms with E-state index in [4.69, 9.17) is 5.73 Å². The first-order valence-electron chi connectivity index (χ1n) is 8.42. The highest BCUT2D eigenvalue weighted by molar-refractivity contribution is 5.89. The molecule has 0 aliphatic rings. The Labute approximate surface area is 153 Å². The van der Waals surface area contributed by atoms with Crippen molar-refractivity contribution < 1.29 is 4.39 Å². The molecule has 3 aromatic heterocycles. The molecule has 0 aliphatic heterocycles. The molecule has 0 unspecified atom stereocenters. The number of halogens is 1. The minimum absolute atomic E-state index is 0.296. The summed E-state index contributed by atoms with van der Waals surface area (Å²) in [6, 6.07) is 12.4. The zero-order chi connectivity index (χ0) is 18.5. The van der Waals surface area contributed by atoms with Gasteiger partial charge in [-0.1, -0.05) is 24.3 Å². The van der Waals surface area contributed by atoms with E-state index >= 15 is 0 Å². The van der Waals surface area contributed by atoms with Gasteiger partial charge in [0.15, 0.2) is 11.5 Å². The van der Waals surface area contributed by atoms with Crippen LogP contribution in [-0.2, 0) is 7.05 Å². The lowest BCUT2D eigenvalue weighted by molar-refractivity contribution is 0.628. The summed E-state index contributed by atoms with van der Waals surface area (Å²) in [6.45, 7) is 0. The number of fused-ring (bicyclic) bond motifs is 2. The van der Waals surface area contributed by atoms with Crippen LogP contribution in [0.4, 0.5) is 10.2 Å². The number of nitrogens with zero attached hydrogens (tertiary/aromatic N) is 5. The van der Waals surface area contributed by atoms with Crippen LogP contribution >= 0.6 is 0 Å². The van der Waals surface area contributed by atoms with Gasteiger partial charge in [-0.25, -0.2) is 14.4 Å². The fourth-order valence-corrected chi connectivity index (χ4v) is 3.42. The van der Waals surface area contributed by atoms with E-state index in [-0.39, 0.29) is 5.82 Å². The zero-order valence-corrected chi connectivity index (χ0v) is 14.5. The minimum atomic E-state index is -0.327. The maximum Gasteiger partial charge on any atom is 0.180 e. The van der Waals surface area contributed by atoms with Crippen molar-refractivity contribution in [3.05, 3.63) is 66.9 Å². The second-order valence-electron chi connectivity index (χ2n) is 6.37. The molecule has 0 spiro atoms. The van der Waals surface area contributed by atoms with Gasteiger partial charge in [-0.2, -0.15) is 5.10 Å². The SMILES string of the molecule is Cn1ncc2ccc(-c3c(-c4cccc(F)c4)nc(N)c4nccn34)cc21. The van der Waals surface area contributed by atoms with Gasteiger partial charge in [0.25, 0.3) is 0 Å². The summed E-state index contributed by atoms with van der Waals surface area (Å²) in [5.41, 5.74) is 10.6. The smallest absolute Gasteiger partial charge is 0.180 e. The van der Waals surface area contributed by atoms with Crippen molar-refractivity contribution in [2.24, 2.45) is 7.05 Å². The van der Waals surface area contributed by atoms with Crippen molar-refractivity contribution in [3.8, 4) is 22.5 Å². The number of hydrogen-bond donors (Lipinski definition) is 1. The van der Waals surface area contributed by atoms with Crippen molar-refractivity contribution in [3.63, 3.8) is 0 Å². The standard InChI is InChI=1S/C20H15FN6/c1-26-16-10-13(5-6-14(16)11-24-26)18-17(12-3-2-4-15(21)9-12)25-19(22)20-23-7-8-27(18)20/h2-11H,1H3,(H2,22,25). The summed E-state index contributed by atoms with van der Waals surface area (Å²) in [5.74, 6) is -0.0312. The molecule has 0 saturated heterocycles. The van der Waals surface area contributed by atoms with Crippen molar-refractivity contribution in [2.45, 2.75) is 0 Å². The average molecular weight is 358 g/mol. The number of imidazole rings is 1. The Morgan fingerprint density at radius 1 is 1.07 bits per heavy atom. The van der Waals surface area contributed by atoms with Gasteiger partial charge < -0.3 is 5.73 Å². The summed E-state index contributed by atoms with van der Waals surface area (Å²) < 4.78 is 17.6. The maximum absolute atomic E-state index is 13.9. The molecule has 27 heavy (non-hydrogen) atoms. The normalized spacial score (nSPS) is 11.5. The summed E-state index contributed by atoms with van der Waals surface area (Å²) in [6.07, 6.45) is 5.33. The van der Waals surface area contributed by atoms with E-state index in [1.165, 1.54) is 12.1 Å². The Balaban J connectivity index is 1.88. The van der Waals surface area contributed by atoms with Crippen LogP contribution in [0, 0.1) is 5.82 Å². The maximum atomic E-state index is 13.9. The molecule has 2 N–H and O–H groups in total. The fraction of sp³-hybridized carbons (Fsp3) is 0.0500. The molecule has 0 saturated carbocycles. The largest absolute Gasteiger partial charge is 0.381 e. The van der Waals surface area contributed by atoms with Crippen LogP contribution < -0.4 is 5.73 Å². The van der Waals surface area contributed by atoms with E-state index in [1.54, 1.807) is 12.3 Å². The second-order valence-corrected chi connectivity index (χ2v) is 6.37. The Kier molecular flexibility index (Phi) is 3.24. The van der Waals surface area contributed by atoms with E-state index in [0.29, 0.717) is 22.7 Å². The molecule has 0 atom stereocenters. The molecule has 5 rings (SSSR count). The number of aryl methyl sites for hydroxylation is 1. The molecule has 3 heterocycles. The van der Waals surface area contributed by atoms with E-state index in [1.807, 2.05) is 52.8 Å². The second kappa shape index (κ2) is 5.63. The first-order valence-corrected chi connectivity index (χ1v) is 8.42. The quantitative estimate of drug-likeness (QED) is 0.522. The van der Waals surface area contributed by atoms with Crippen LogP contribution in [0.3, 0.4) is 0 Å². The highest BCUT2D eigenvalue weighted by atomic mass is 19.1. The van der Waals surface area contributed by atoms with E-state index in [9.17, 15) is 4.39 Å². The highest BCUT2D eigenvalue weighted by Crippen LogP contribution is 2.34. The van der Waals surface area contributed by atoms with Crippen LogP contribution in [0.25, 0.3) is 39.1 Å². The third-order valence-electron chi connectivity index (χ3n) is 4.69. The van der Waals surface area contributed by atoms with Gasteiger partial charge in [0.2, 0.25) is 0 Å². The molecule has 6 nitrogen and oxygen atoms in total. The number of hydrogen-bond acceptors (Lipinski definition) is 4. The predicted molar refractivity (Wildman–Crippen MR) is 103 cm³/mol. The first-order chi connectivity index (χ1) is 13.1. The monoisotopic (exact) mass is 358 g/mol. The first kappa shape index (κ1) is 15.5. The Morgan fingerprint density at radius 3 is 2.81 bits per heavy atom. The highest BCUT2D eigenvalue weighted by Gasteiger charge is 2.18. The summed E-state index contributed by atoms with van der Waals surface area (Å²) in [7, 11) is 1.90. The third-order valence-corrected chi connectivity index (χ3v) is 4.69. The Bertz CT molecular complexity index is 1320. The fourth-order valence-electron chi connectivity index (χ4n) is 3.42. The Hall–Kier alpha value is -3.74. The van der Waals surface area contributed by atoms with E-state index in [2.05, 4.69) is 15.1 Å². The zero-order valence-electron chi connectivity index (χ0n) is 14.5. The van der Waals surface area contributed by atoms with Gasteiger partial charge >= 0.3 is 0 Å². The molecule has 0 fully saturated rings. The molecular weight excluding hydrogens is 343 g/mol. The van der Waals surface area contributed by atoms with Gasteiger partial charge in [-0.05, 0) is 18.2 Å². The number of aromatic nitrogens is 5. The average Bonchev–Trinajstić information content (AvgIpc) is 3.29. The van der Waals surface area contributed by atoms with E-state index < -0.39 is 0 Å². The van der Waals surface area contributed by atoms with Crippen molar-refractivity contribution in [1.29, 1.82) is 0 Å². The summed E-state index contributed by atoms with van der Waals surface area (Å²) in [4.78, 5) is 8.87. The molecule has 0 amide bonds. The molecular formula is C20H15FN6. The molecule has 0 aliphatic carbocycles. The van der Waals surface area contributed by atoms with Crippen LogP contribution in [0.1, 0.15) is 0 Å². The van der Waals surface area contributed by atoms with Crippen molar-refractivity contribution in [2.75, 3.05) is 5.73 Å². The van der Waals surface area contributed by atoms with Crippen LogP contribution in [0.2, 0.25) is 0 Å². The number of anilines is 1. The predicted octanol–water partition coefficient (Wildman–Crippen LogP) is 3.67. The van der Waals surface area contributed by atoms with Gasteiger partial charge in [0.05, 0.1) is 23.1 Å². The van der Waals surface area contributed by atoms with Gasteiger partial charge in [0.1, 0.15) is 5.82 Å². The molecule has 0 bridgehead atoms. The minimum Gasteiger partial charge on any atom is -0.381 e. The van der Waals surface area contributed by atoms with Crippen LogP contribution in [-0.4, -0.2) is 24.1 Å². The van der Waals surface area contributed by atoms with Crippen LogP contribution in [0.5, 0.6) is 0 Å². The van der Waals surface area contributed by atoms with E-state index in [0.717, 1.165) is 22.2 Å². The topological polar surface area (TPSA) is 74.0 Å². The number of nitrogens with two attached hydrogens (primary N) is 1. The van der Waals surface area contributed by atoms with Gasteiger partial charge in [-0.3, -0.25) is 9.08 Å². The number of rotatable bonds is 2. The number of nitrogen functional groups attached to an aromatic ring is 1. The molecule has 2 aromatic carbocycles. The van der Waals surface area contributed by atoms with Gasteiger partial charge in [-0.15, -0.1) is 0 Å². The molecule has 132 valence electrons. The molecule has 7 heteroatoms. The Morgan fingerprint density at radius 2 is 1.96 bits per heavy atom. The lowest BCUT2D eigenvalue weighted by Crippen LogP contribution is -2.04. The summed E-state index contributed by atoms with van der Waals surface area (Å²) >= 11 is 0. The van der Waals surface area contributed by atoms with Crippen molar-refractivity contribution >= 4 is 22.4 Å². The van der Waals surface area contributed by atoms with Crippen molar-refractivity contribution in [1.82, 2.24) is 24.1 Å². The molecule has 0 radical (unpaired) electrons.